The highest BCUT2D eigenvalue weighted by Crippen LogP contribution is 2.34. The van der Waals surface area contributed by atoms with Gasteiger partial charge in [-0.3, -0.25) is 4.79 Å². The summed E-state index contributed by atoms with van der Waals surface area (Å²) in [7, 11) is 0. The Bertz CT molecular complexity index is 328. The number of rotatable bonds is 1. The molecule has 0 bridgehead atoms. The molecule has 0 saturated heterocycles. The van der Waals surface area contributed by atoms with E-state index in [0.717, 1.165) is 0 Å². The minimum absolute atomic E-state index is 0.189. The van der Waals surface area contributed by atoms with E-state index in [9.17, 15) is 18.0 Å². The third-order valence-corrected chi connectivity index (χ3v) is 2.21. The summed E-state index contributed by atoms with van der Waals surface area (Å²) < 4.78 is 37.5. The van der Waals surface area contributed by atoms with Crippen molar-refractivity contribution in [2.45, 2.75) is 32.5 Å². The SMILES string of the molecule is CC(=O)NC1C=CC(C)=C(C(F)(F)F)C1. The van der Waals surface area contributed by atoms with Gasteiger partial charge in [-0.05, 0) is 12.5 Å². The fraction of sp³-hybridized carbons (Fsp3) is 0.500. The molecule has 1 aliphatic rings. The van der Waals surface area contributed by atoms with Crippen molar-refractivity contribution in [1.29, 1.82) is 0 Å². The maximum atomic E-state index is 12.5. The van der Waals surface area contributed by atoms with Crippen molar-refractivity contribution in [3.63, 3.8) is 0 Å². The molecule has 0 aliphatic heterocycles. The van der Waals surface area contributed by atoms with E-state index in [0.29, 0.717) is 0 Å². The second-order valence-electron chi connectivity index (χ2n) is 3.53. The van der Waals surface area contributed by atoms with E-state index in [1.54, 1.807) is 6.08 Å². The molecule has 1 amide bonds. The molecule has 2 nitrogen and oxygen atoms in total. The van der Waals surface area contributed by atoms with Crippen molar-refractivity contribution in [2.75, 3.05) is 0 Å². The van der Waals surface area contributed by atoms with E-state index >= 15 is 0 Å². The molecular weight excluding hydrogens is 207 g/mol. The first-order valence-corrected chi connectivity index (χ1v) is 4.53. The minimum Gasteiger partial charge on any atom is -0.350 e. The Kier molecular flexibility index (Phi) is 3.21. The zero-order chi connectivity index (χ0) is 11.6. The van der Waals surface area contributed by atoms with E-state index in [1.165, 1.54) is 19.9 Å². The maximum Gasteiger partial charge on any atom is 0.413 e. The lowest BCUT2D eigenvalue weighted by molar-refractivity contribution is -0.119. The minimum atomic E-state index is -4.31. The van der Waals surface area contributed by atoms with E-state index in [2.05, 4.69) is 5.32 Å². The van der Waals surface area contributed by atoms with Crippen LogP contribution in [0.2, 0.25) is 0 Å². The number of carbonyl (C=O) groups excluding carboxylic acids is 1. The molecule has 1 rings (SSSR count). The summed E-state index contributed by atoms with van der Waals surface area (Å²) in [6, 6.07) is -0.553. The van der Waals surface area contributed by atoms with Crippen LogP contribution in [0.1, 0.15) is 20.3 Å². The predicted molar refractivity (Wildman–Crippen MR) is 50.1 cm³/mol. The summed E-state index contributed by atoms with van der Waals surface area (Å²) in [6.07, 6.45) is -1.53. The van der Waals surface area contributed by atoms with Crippen molar-refractivity contribution in [2.24, 2.45) is 0 Å². The maximum absolute atomic E-state index is 12.5. The van der Waals surface area contributed by atoms with Gasteiger partial charge in [0.2, 0.25) is 5.91 Å². The number of nitrogens with one attached hydrogen (secondary N) is 1. The van der Waals surface area contributed by atoms with Crippen molar-refractivity contribution >= 4 is 5.91 Å². The van der Waals surface area contributed by atoms with Gasteiger partial charge in [0.15, 0.2) is 0 Å². The fourth-order valence-corrected chi connectivity index (χ4v) is 1.51. The van der Waals surface area contributed by atoms with Crippen LogP contribution in [-0.4, -0.2) is 18.1 Å². The quantitative estimate of drug-likeness (QED) is 0.720. The van der Waals surface area contributed by atoms with E-state index < -0.39 is 17.8 Å². The fourth-order valence-electron chi connectivity index (χ4n) is 1.51. The van der Waals surface area contributed by atoms with E-state index in [-0.39, 0.29) is 17.9 Å². The van der Waals surface area contributed by atoms with Gasteiger partial charge in [-0.1, -0.05) is 12.2 Å². The lowest BCUT2D eigenvalue weighted by Gasteiger charge is -2.23. The van der Waals surface area contributed by atoms with Crippen molar-refractivity contribution < 1.29 is 18.0 Å². The number of carbonyl (C=O) groups is 1. The van der Waals surface area contributed by atoms with E-state index in [1.807, 2.05) is 0 Å². The third-order valence-electron chi connectivity index (χ3n) is 2.21. The first-order chi connectivity index (χ1) is 6.80. The van der Waals surface area contributed by atoms with Crippen LogP contribution in [0.5, 0.6) is 0 Å². The monoisotopic (exact) mass is 219 g/mol. The average molecular weight is 219 g/mol. The first-order valence-electron chi connectivity index (χ1n) is 4.53. The molecule has 0 spiro atoms. The number of halogens is 3. The summed E-state index contributed by atoms with van der Waals surface area (Å²) in [5.41, 5.74) is -0.354. The normalized spacial score (nSPS) is 21.8. The summed E-state index contributed by atoms with van der Waals surface area (Å²) in [5, 5.41) is 2.44. The lowest BCUT2D eigenvalue weighted by atomic mass is 9.94. The summed E-state index contributed by atoms with van der Waals surface area (Å²) >= 11 is 0. The largest absolute Gasteiger partial charge is 0.413 e. The number of allylic oxidation sites excluding steroid dienone is 2. The zero-order valence-electron chi connectivity index (χ0n) is 8.48. The van der Waals surface area contributed by atoms with Gasteiger partial charge in [0.25, 0.3) is 0 Å². The molecule has 0 fully saturated rings. The number of hydrogen-bond donors (Lipinski definition) is 1. The Morgan fingerprint density at radius 3 is 2.60 bits per heavy atom. The van der Waals surface area contributed by atoms with Gasteiger partial charge in [-0.15, -0.1) is 0 Å². The Labute approximate surface area is 85.8 Å². The van der Waals surface area contributed by atoms with Gasteiger partial charge in [-0.2, -0.15) is 13.2 Å². The molecule has 0 saturated carbocycles. The Hall–Kier alpha value is -1.26. The standard InChI is InChI=1S/C10H12F3NO/c1-6-3-4-8(14-7(2)15)5-9(6)10(11,12)13/h3-4,8H,5H2,1-2H3,(H,14,15). The van der Waals surface area contributed by atoms with Gasteiger partial charge in [0.1, 0.15) is 0 Å². The molecule has 0 aromatic heterocycles. The molecule has 1 unspecified atom stereocenters. The molecule has 0 aromatic rings. The Balaban J connectivity index is 2.81. The van der Waals surface area contributed by atoms with Crippen molar-refractivity contribution in [3.8, 4) is 0 Å². The number of hydrogen-bond acceptors (Lipinski definition) is 1. The number of alkyl halides is 3. The van der Waals surface area contributed by atoms with Crippen molar-refractivity contribution in [1.82, 2.24) is 5.32 Å². The second-order valence-corrected chi connectivity index (χ2v) is 3.53. The van der Waals surface area contributed by atoms with Crippen LogP contribution >= 0.6 is 0 Å². The van der Waals surface area contributed by atoms with Crippen LogP contribution in [0, 0.1) is 0 Å². The van der Waals surface area contributed by atoms with Gasteiger partial charge < -0.3 is 5.32 Å². The van der Waals surface area contributed by atoms with Crippen LogP contribution in [0.4, 0.5) is 13.2 Å². The van der Waals surface area contributed by atoms with Crippen LogP contribution in [0.25, 0.3) is 0 Å². The van der Waals surface area contributed by atoms with Crippen molar-refractivity contribution in [3.05, 3.63) is 23.3 Å². The van der Waals surface area contributed by atoms with Crippen LogP contribution in [0.3, 0.4) is 0 Å². The predicted octanol–water partition coefficient (Wildman–Crippen LogP) is 2.33. The molecule has 84 valence electrons. The molecule has 5 heteroatoms. The first kappa shape index (κ1) is 11.8. The molecule has 0 heterocycles. The Morgan fingerprint density at radius 2 is 2.13 bits per heavy atom. The molecule has 0 radical (unpaired) electrons. The topological polar surface area (TPSA) is 29.1 Å². The number of amides is 1. The summed E-state index contributed by atoms with van der Waals surface area (Å²) in [4.78, 5) is 10.7. The summed E-state index contributed by atoms with van der Waals surface area (Å²) in [5.74, 6) is -0.328. The lowest BCUT2D eigenvalue weighted by Crippen LogP contribution is -2.35. The molecule has 1 aliphatic carbocycles. The molecular formula is C10H12F3NO. The second kappa shape index (κ2) is 4.08. The van der Waals surface area contributed by atoms with E-state index in [4.69, 9.17) is 0 Å². The van der Waals surface area contributed by atoms with Crippen LogP contribution in [0.15, 0.2) is 23.3 Å². The smallest absolute Gasteiger partial charge is 0.350 e. The van der Waals surface area contributed by atoms with Crippen LogP contribution in [-0.2, 0) is 4.79 Å². The zero-order valence-corrected chi connectivity index (χ0v) is 8.48. The average Bonchev–Trinajstić information content (AvgIpc) is 2.05. The highest BCUT2D eigenvalue weighted by atomic mass is 19.4. The van der Waals surface area contributed by atoms with Gasteiger partial charge in [-0.25, -0.2) is 0 Å². The summed E-state index contributed by atoms with van der Waals surface area (Å²) in [6.45, 7) is 2.70. The third kappa shape index (κ3) is 3.11. The molecule has 0 aromatic carbocycles. The molecule has 15 heavy (non-hydrogen) atoms. The van der Waals surface area contributed by atoms with Gasteiger partial charge in [0.05, 0.1) is 6.04 Å². The van der Waals surface area contributed by atoms with Gasteiger partial charge in [0, 0.05) is 18.9 Å². The van der Waals surface area contributed by atoms with Crippen LogP contribution < -0.4 is 5.32 Å². The highest BCUT2D eigenvalue weighted by molar-refractivity contribution is 5.73. The van der Waals surface area contributed by atoms with Gasteiger partial charge >= 0.3 is 6.18 Å². The highest BCUT2D eigenvalue weighted by Gasteiger charge is 2.37. The molecule has 1 N–H and O–H groups in total. The molecule has 1 atom stereocenters. The Morgan fingerprint density at radius 1 is 1.53 bits per heavy atom.